The molecule has 12 nitrogen and oxygen atoms in total. The van der Waals surface area contributed by atoms with E-state index < -0.39 is 60.4 Å². The van der Waals surface area contributed by atoms with E-state index in [2.05, 4.69) is 21.3 Å². The first-order valence-electron chi connectivity index (χ1n) is 18.1. The van der Waals surface area contributed by atoms with Crippen LogP contribution in [0.5, 0.6) is 0 Å². The second-order valence-electron chi connectivity index (χ2n) is 13.6. The molecular weight excluding hydrogens is 688 g/mol. The van der Waals surface area contributed by atoms with Crippen LogP contribution in [0.15, 0.2) is 103 Å². The van der Waals surface area contributed by atoms with Gasteiger partial charge in [0.05, 0.1) is 12.5 Å². The van der Waals surface area contributed by atoms with E-state index in [-0.39, 0.29) is 38.4 Å². The SMILES string of the molecule is C[C@@H](CO)NC(=O)C[C@H]1CC=CCC[C@H](NC(=O)OCC2c3ccccc3-c3ccccc32)C(=O)OC[C@@H](C(=O)Nc2ccc3ccccc3c2)NC1=O. The highest BCUT2D eigenvalue weighted by atomic mass is 16.6. The first kappa shape index (κ1) is 37.7. The molecule has 5 N–H and O–H groups in total. The minimum absolute atomic E-state index is 0.0522. The van der Waals surface area contributed by atoms with Crippen molar-refractivity contribution in [1.29, 1.82) is 0 Å². The summed E-state index contributed by atoms with van der Waals surface area (Å²) in [7, 11) is 0. The standard InChI is InChI=1S/C42H44N4O8/c1-26(23-47)43-38(48)22-29-13-3-2-4-18-36(46-42(52)54-24-35-33-16-9-7-14-31(33)32-15-8-10-17-34(32)35)41(51)53-25-37(45-39(29)49)40(50)44-30-20-19-27-11-5-6-12-28(27)21-30/h2-3,5-12,14-17,19-21,26,29,35-37,47H,4,13,18,22-25H2,1H3,(H,43,48)(H,44,50)(H,45,49)(H,46,52)/t26-,29+,36-,37-/m0/s1. The zero-order valence-electron chi connectivity index (χ0n) is 30.0. The number of carbonyl (C=O) groups is 5. The Hall–Kier alpha value is -6.01. The van der Waals surface area contributed by atoms with Crippen LogP contribution in [-0.4, -0.2) is 72.8 Å². The molecule has 6 rings (SSSR count). The molecule has 54 heavy (non-hydrogen) atoms. The molecule has 1 heterocycles. The maximum absolute atomic E-state index is 13.7. The lowest BCUT2D eigenvalue weighted by atomic mass is 9.98. The topological polar surface area (TPSA) is 172 Å². The third-order valence-corrected chi connectivity index (χ3v) is 9.66. The Balaban J connectivity index is 1.16. The fraction of sp³-hybridized carbons (Fsp3) is 0.310. The highest BCUT2D eigenvalue weighted by Gasteiger charge is 2.32. The molecule has 0 spiro atoms. The molecule has 0 saturated heterocycles. The zero-order valence-corrected chi connectivity index (χ0v) is 30.0. The van der Waals surface area contributed by atoms with Gasteiger partial charge in [-0.1, -0.05) is 91.0 Å². The minimum atomic E-state index is -1.34. The van der Waals surface area contributed by atoms with Gasteiger partial charge in [0, 0.05) is 24.1 Å². The van der Waals surface area contributed by atoms with Crippen molar-refractivity contribution in [3.8, 4) is 11.1 Å². The van der Waals surface area contributed by atoms with Crippen LogP contribution < -0.4 is 21.3 Å². The van der Waals surface area contributed by atoms with Crippen LogP contribution in [0, 0.1) is 5.92 Å². The Morgan fingerprint density at radius 2 is 1.59 bits per heavy atom. The lowest BCUT2D eigenvalue weighted by Crippen LogP contribution is -2.50. The summed E-state index contributed by atoms with van der Waals surface area (Å²) >= 11 is 0. The van der Waals surface area contributed by atoms with E-state index in [9.17, 15) is 29.1 Å². The smallest absolute Gasteiger partial charge is 0.407 e. The van der Waals surface area contributed by atoms with Crippen LogP contribution in [-0.2, 0) is 28.7 Å². The predicted molar refractivity (Wildman–Crippen MR) is 203 cm³/mol. The highest BCUT2D eigenvalue weighted by molar-refractivity contribution is 6.00. The summed E-state index contributed by atoms with van der Waals surface area (Å²) in [6.07, 6.45) is 3.12. The van der Waals surface area contributed by atoms with Gasteiger partial charge in [-0.25, -0.2) is 9.59 Å². The molecule has 4 atom stereocenters. The Labute approximate surface area is 313 Å². The van der Waals surface area contributed by atoms with E-state index in [0.29, 0.717) is 12.1 Å². The van der Waals surface area contributed by atoms with Crippen molar-refractivity contribution in [3.63, 3.8) is 0 Å². The number of ether oxygens (including phenoxy) is 2. The lowest BCUT2D eigenvalue weighted by molar-refractivity contribution is -0.148. The van der Waals surface area contributed by atoms with Gasteiger partial charge in [0.15, 0.2) is 0 Å². The number of aliphatic hydroxyl groups is 1. The molecule has 280 valence electrons. The molecule has 2 aliphatic rings. The van der Waals surface area contributed by atoms with Crippen molar-refractivity contribution in [2.45, 2.75) is 56.7 Å². The van der Waals surface area contributed by atoms with Gasteiger partial charge < -0.3 is 35.8 Å². The predicted octanol–water partition coefficient (Wildman–Crippen LogP) is 4.96. The number of carbonyl (C=O) groups excluding carboxylic acids is 5. The highest BCUT2D eigenvalue weighted by Crippen LogP contribution is 2.44. The number of nitrogens with one attached hydrogen (secondary N) is 4. The summed E-state index contributed by atoms with van der Waals surface area (Å²) in [6, 6.07) is 26.0. The number of anilines is 1. The van der Waals surface area contributed by atoms with Crippen molar-refractivity contribution < 1.29 is 38.6 Å². The second kappa shape index (κ2) is 17.7. The quantitative estimate of drug-likeness (QED) is 0.119. The molecule has 0 radical (unpaired) electrons. The van der Waals surface area contributed by atoms with Crippen molar-refractivity contribution in [3.05, 3.63) is 114 Å². The van der Waals surface area contributed by atoms with Crippen LogP contribution in [0.1, 0.15) is 49.7 Å². The van der Waals surface area contributed by atoms with Gasteiger partial charge in [0.25, 0.3) is 5.91 Å². The van der Waals surface area contributed by atoms with E-state index in [1.165, 1.54) is 0 Å². The molecule has 0 saturated carbocycles. The fourth-order valence-corrected chi connectivity index (χ4v) is 6.79. The van der Waals surface area contributed by atoms with Crippen molar-refractivity contribution in [2.75, 3.05) is 25.1 Å². The second-order valence-corrected chi connectivity index (χ2v) is 13.6. The van der Waals surface area contributed by atoms with Crippen molar-refractivity contribution in [2.24, 2.45) is 5.92 Å². The summed E-state index contributed by atoms with van der Waals surface area (Å²) < 4.78 is 11.3. The number of allylic oxidation sites excluding steroid dienone is 2. The van der Waals surface area contributed by atoms with E-state index >= 15 is 0 Å². The average Bonchev–Trinajstić information content (AvgIpc) is 3.50. The van der Waals surface area contributed by atoms with E-state index in [0.717, 1.165) is 33.0 Å². The molecule has 4 amide bonds. The third-order valence-electron chi connectivity index (χ3n) is 9.66. The van der Waals surface area contributed by atoms with Crippen LogP contribution in [0.4, 0.5) is 10.5 Å². The molecule has 4 aromatic carbocycles. The fourth-order valence-electron chi connectivity index (χ4n) is 6.79. The number of aliphatic hydroxyl groups excluding tert-OH is 1. The number of hydrogen-bond acceptors (Lipinski definition) is 8. The molecule has 1 aliphatic carbocycles. The van der Waals surface area contributed by atoms with E-state index in [4.69, 9.17) is 9.47 Å². The van der Waals surface area contributed by atoms with Crippen LogP contribution in [0.2, 0.25) is 0 Å². The number of esters is 1. The first-order valence-corrected chi connectivity index (χ1v) is 18.1. The summed E-state index contributed by atoms with van der Waals surface area (Å²) in [5.74, 6) is -3.52. The van der Waals surface area contributed by atoms with E-state index in [1.54, 1.807) is 31.2 Å². The molecule has 1 aliphatic heterocycles. The molecule has 0 unspecified atom stereocenters. The molecule has 0 aromatic heterocycles. The van der Waals surface area contributed by atoms with Crippen molar-refractivity contribution >= 4 is 46.2 Å². The summed E-state index contributed by atoms with van der Waals surface area (Å²) in [5, 5.41) is 22.0. The molecule has 4 aromatic rings. The zero-order chi connectivity index (χ0) is 38.0. The van der Waals surface area contributed by atoms with E-state index in [1.807, 2.05) is 78.9 Å². The number of alkyl carbamates (subject to hydrolysis) is 1. The Morgan fingerprint density at radius 1 is 0.907 bits per heavy atom. The number of fused-ring (bicyclic) bond motifs is 4. The normalized spacial score (nSPS) is 19.4. The summed E-state index contributed by atoms with van der Waals surface area (Å²) in [6.45, 7) is 0.879. The van der Waals surface area contributed by atoms with Crippen molar-refractivity contribution in [1.82, 2.24) is 16.0 Å². The Morgan fingerprint density at radius 3 is 2.31 bits per heavy atom. The summed E-state index contributed by atoms with van der Waals surface area (Å²) in [4.78, 5) is 66.7. The maximum atomic E-state index is 13.7. The summed E-state index contributed by atoms with van der Waals surface area (Å²) in [5.41, 5.74) is 4.73. The molecule has 0 bridgehead atoms. The number of cyclic esters (lactones) is 1. The Bertz CT molecular complexity index is 2000. The number of benzene rings is 4. The molecular formula is C42H44N4O8. The maximum Gasteiger partial charge on any atom is 0.407 e. The number of hydrogen-bond donors (Lipinski definition) is 5. The third kappa shape index (κ3) is 9.31. The number of amides is 4. The van der Waals surface area contributed by atoms with Gasteiger partial charge >= 0.3 is 12.1 Å². The van der Waals surface area contributed by atoms with Crippen LogP contribution in [0.25, 0.3) is 21.9 Å². The van der Waals surface area contributed by atoms with Gasteiger partial charge in [-0.2, -0.15) is 0 Å². The van der Waals surface area contributed by atoms with Gasteiger partial charge in [0.2, 0.25) is 11.8 Å². The largest absolute Gasteiger partial charge is 0.461 e. The first-order chi connectivity index (χ1) is 26.2. The molecule has 12 heteroatoms. The lowest BCUT2D eigenvalue weighted by Gasteiger charge is -2.23. The molecule has 0 fully saturated rings. The average molecular weight is 733 g/mol. The van der Waals surface area contributed by atoms with Gasteiger partial charge in [-0.15, -0.1) is 0 Å². The number of rotatable bonds is 9. The monoisotopic (exact) mass is 732 g/mol. The Kier molecular flexibility index (Phi) is 12.4. The van der Waals surface area contributed by atoms with Crippen LogP contribution in [0.3, 0.4) is 0 Å². The van der Waals surface area contributed by atoms with Gasteiger partial charge in [0.1, 0.15) is 25.3 Å². The van der Waals surface area contributed by atoms with Gasteiger partial charge in [-0.05, 0) is 71.3 Å². The minimum Gasteiger partial charge on any atom is -0.461 e. The van der Waals surface area contributed by atoms with Gasteiger partial charge in [-0.3, -0.25) is 14.4 Å². The van der Waals surface area contributed by atoms with Crippen LogP contribution >= 0.6 is 0 Å².